The van der Waals surface area contributed by atoms with Crippen molar-refractivity contribution in [2.75, 3.05) is 11.9 Å². The number of aromatic amines is 1. The molecule has 2 aliphatic rings. The van der Waals surface area contributed by atoms with Crippen molar-refractivity contribution in [1.82, 2.24) is 10.2 Å². The summed E-state index contributed by atoms with van der Waals surface area (Å²) in [5.41, 5.74) is 2.30. The van der Waals surface area contributed by atoms with Crippen molar-refractivity contribution >= 4 is 16.6 Å². The van der Waals surface area contributed by atoms with Gasteiger partial charge < -0.3 is 5.32 Å². The van der Waals surface area contributed by atoms with Gasteiger partial charge in [-0.3, -0.25) is 5.10 Å². The van der Waals surface area contributed by atoms with E-state index in [4.69, 9.17) is 0 Å². The SMILES string of the molecule is C1=CC2CC1CC2CNc1ccc2[nH]ncc2c1. The number of benzene rings is 1. The van der Waals surface area contributed by atoms with Gasteiger partial charge in [0.25, 0.3) is 0 Å². The molecule has 1 heterocycles. The minimum Gasteiger partial charge on any atom is -0.385 e. The Hall–Kier alpha value is -1.77. The Kier molecular flexibility index (Phi) is 2.19. The molecule has 3 heteroatoms. The number of hydrogen-bond donors (Lipinski definition) is 2. The van der Waals surface area contributed by atoms with E-state index in [-0.39, 0.29) is 0 Å². The second-order valence-corrected chi connectivity index (χ2v) is 5.59. The maximum atomic E-state index is 4.05. The molecule has 3 unspecified atom stereocenters. The first-order valence-electron chi connectivity index (χ1n) is 6.74. The first kappa shape index (κ1) is 10.2. The lowest BCUT2D eigenvalue weighted by molar-refractivity contribution is 0.472. The molecule has 0 aliphatic heterocycles. The minimum atomic E-state index is 0.819. The van der Waals surface area contributed by atoms with Gasteiger partial charge in [0.2, 0.25) is 0 Å². The number of anilines is 1. The van der Waals surface area contributed by atoms with Crippen molar-refractivity contribution in [1.29, 1.82) is 0 Å². The van der Waals surface area contributed by atoms with Gasteiger partial charge in [-0.1, -0.05) is 12.2 Å². The van der Waals surface area contributed by atoms with Crippen molar-refractivity contribution in [3.05, 3.63) is 36.5 Å². The van der Waals surface area contributed by atoms with Crippen LogP contribution < -0.4 is 5.32 Å². The third-order valence-electron chi connectivity index (χ3n) is 4.42. The molecule has 1 saturated carbocycles. The maximum absolute atomic E-state index is 4.05. The second kappa shape index (κ2) is 3.87. The summed E-state index contributed by atoms with van der Waals surface area (Å²) in [5.74, 6) is 2.50. The number of aromatic nitrogens is 2. The number of allylic oxidation sites excluding steroid dienone is 2. The third-order valence-corrected chi connectivity index (χ3v) is 4.42. The lowest BCUT2D eigenvalue weighted by atomic mass is 9.93. The number of nitrogens with zero attached hydrogens (tertiary/aromatic N) is 1. The van der Waals surface area contributed by atoms with E-state index in [0.29, 0.717) is 0 Å². The van der Waals surface area contributed by atoms with Crippen LogP contribution in [0.4, 0.5) is 5.69 Å². The van der Waals surface area contributed by atoms with E-state index >= 15 is 0 Å². The molecule has 0 spiro atoms. The van der Waals surface area contributed by atoms with Crippen LogP contribution in [0.2, 0.25) is 0 Å². The van der Waals surface area contributed by atoms with E-state index in [1.165, 1.54) is 23.9 Å². The monoisotopic (exact) mass is 239 g/mol. The average Bonchev–Trinajstić information content (AvgIpc) is 3.11. The zero-order chi connectivity index (χ0) is 11.9. The van der Waals surface area contributed by atoms with Gasteiger partial charge >= 0.3 is 0 Å². The molecule has 92 valence electrons. The van der Waals surface area contributed by atoms with Crippen LogP contribution in [0.15, 0.2) is 36.5 Å². The standard InChI is InChI=1S/C15H17N3/c1-2-11-5-10(1)6-12(11)8-16-14-3-4-15-13(7-14)9-17-18-15/h1-4,7,9-12,16H,5-6,8H2,(H,17,18). The molecule has 1 aromatic carbocycles. The first-order valence-corrected chi connectivity index (χ1v) is 6.74. The zero-order valence-electron chi connectivity index (χ0n) is 10.3. The summed E-state index contributed by atoms with van der Waals surface area (Å²) in [5, 5.41) is 11.8. The number of fused-ring (bicyclic) bond motifs is 3. The predicted molar refractivity (Wildman–Crippen MR) is 73.4 cm³/mol. The molecule has 2 aliphatic carbocycles. The molecule has 0 amide bonds. The highest BCUT2D eigenvalue weighted by molar-refractivity contribution is 5.81. The van der Waals surface area contributed by atoms with E-state index in [2.05, 4.69) is 45.9 Å². The maximum Gasteiger partial charge on any atom is 0.0651 e. The Balaban J connectivity index is 1.46. The fraction of sp³-hybridized carbons (Fsp3) is 0.400. The minimum absolute atomic E-state index is 0.819. The van der Waals surface area contributed by atoms with Gasteiger partial charge in [-0.2, -0.15) is 5.10 Å². The molecular weight excluding hydrogens is 222 g/mol. The van der Waals surface area contributed by atoms with E-state index in [0.717, 1.165) is 29.8 Å². The van der Waals surface area contributed by atoms with Crippen LogP contribution in [-0.4, -0.2) is 16.7 Å². The number of H-pyrrole nitrogens is 1. The highest BCUT2D eigenvalue weighted by Crippen LogP contribution is 2.43. The lowest BCUT2D eigenvalue weighted by Crippen LogP contribution is -2.18. The Morgan fingerprint density at radius 1 is 1.28 bits per heavy atom. The topological polar surface area (TPSA) is 40.7 Å². The van der Waals surface area contributed by atoms with Crippen LogP contribution in [0.1, 0.15) is 12.8 Å². The molecule has 4 rings (SSSR count). The van der Waals surface area contributed by atoms with Gasteiger partial charge in [0, 0.05) is 17.6 Å². The molecular formula is C15H17N3. The summed E-state index contributed by atoms with van der Waals surface area (Å²) in [6.07, 6.45) is 9.44. The predicted octanol–water partition coefficient (Wildman–Crippen LogP) is 3.19. The molecule has 1 aromatic heterocycles. The van der Waals surface area contributed by atoms with Crippen molar-refractivity contribution in [2.45, 2.75) is 12.8 Å². The Labute approximate surface area is 106 Å². The van der Waals surface area contributed by atoms with Crippen LogP contribution in [0.3, 0.4) is 0 Å². The van der Waals surface area contributed by atoms with Gasteiger partial charge in [0.15, 0.2) is 0 Å². The molecule has 0 radical (unpaired) electrons. The lowest BCUT2D eigenvalue weighted by Gasteiger charge is -2.19. The van der Waals surface area contributed by atoms with E-state index in [9.17, 15) is 0 Å². The molecule has 18 heavy (non-hydrogen) atoms. The highest BCUT2D eigenvalue weighted by atomic mass is 15.1. The largest absolute Gasteiger partial charge is 0.385 e. The van der Waals surface area contributed by atoms with Gasteiger partial charge in [-0.25, -0.2) is 0 Å². The van der Waals surface area contributed by atoms with Crippen LogP contribution in [0.25, 0.3) is 10.9 Å². The van der Waals surface area contributed by atoms with E-state index in [1.807, 2.05) is 6.20 Å². The molecule has 2 aromatic rings. The molecule has 3 nitrogen and oxygen atoms in total. The first-order chi connectivity index (χ1) is 8.88. The highest BCUT2D eigenvalue weighted by Gasteiger charge is 2.35. The zero-order valence-corrected chi connectivity index (χ0v) is 10.3. The number of hydrogen-bond acceptors (Lipinski definition) is 2. The van der Waals surface area contributed by atoms with E-state index < -0.39 is 0 Å². The normalized spacial score (nSPS) is 29.2. The summed E-state index contributed by atoms with van der Waals surface area (Å²) in [6.45, 7) is 1.09. The van der Waals surface area contributed by atoms with Crippen LogP contribution >= 0.6 is 0 Å². The van der Waals surface area contributed by atoms with Crippen molar-refractivity contribution in [3.63, 3.8) is 0 Å². The molecule has 3 atom stereocenters. The molecule has 1 fully saturated rings. The quantitative estimate of drug-likeness (QED) is 0.808. The number of rotatable bonds is 3. The van der Waals surface area contributed by atoms with Crippen molar-refractivity contribution in [3.8, 4) is 0 Å². The van der Waals surface area contributed by atoms with Gasteiger partial charge in [0.05, 0.1) is 11.7 Å². The van der Waals surface area contributed by atoms with Crippen LogP contribution in [0, 0.1) is 17.8 Å². The van der Waals surface area contributed by atoms with Crippen molar-refractivity contribution in [2.24, 2.45) is 17.8 Å². The van der Waals surface area contributed by atoms with Crippen molar-refractivity contribution < 1.29 is 0 Å². The average molecular weight is 239 g/mol. The third kappa shape index (κ3) is 1.62. The summed E-state index contributed by atoms with van der Waals surface area (Å²) in [6, 6.07) is 6.39. The number of nitrogens with one attached hydrogen (secondary N) is 2. The smallest absolute Gasteiger partial charge is 0.0651 e. The van der Waals surface area contributed by atoms with Gasteiger partial charge in [0.1, 0.15) is 0 Å². The Bertz CT molecular complexity index is 599. The summed E-state index contributed by atoms with van der Waals surface area (Å²) < 4.78 is 0. The Morgan fingerprint density at radius 2 is 2.28 bits per heavy atom. The van der Waals surface area contributed by atoms with Gasteiger partial charge in [-0.15, -0.1) is 0 Å². The van der Waals surface area contributed by atoms with Gasteiger partial charge in [-0.05, 0) is 48.8 Å². The molecule has 2 bridgehead atoms. The summed E-state index contributed by atoms with van der Waals surface area (Å²) >= 11 is 0. The Morgan fingerprint density at radius 3 is 3.11 bits per heavy atom. The van der Waals surface area contributed by atoms with E-state index in [1.54, 1.807) is 0 Å². The van der Waals surface area contributed by atoms with Crippen LogP contribution in [0.5, 0.6) is 0 Å². The molecule has 2 N–H and O–H groups in total. The van der Waals surface area contributed by atoms with Crippen LogP contribution in [-0.2, 0) is 0 Å². The fourth-order valence-corrected chi connectivity index (χ4v) is 3.43. The summed E-state index contributed by atoms with van der Waals surface area (Å²) in [4.78, 5) is 0. The molecule has 0 saturated heterocycles. The fourth-order valence-electron chi connectivity index (χ4n) is 3.43. The second-order valence-electron chi connectivity index (χ2n) is 5.59. The summed E-state index contributed by atoms with van der Waals surface area (Å²) in [7, 11) is 0.